The molecule has 0 aromatic heterocycles. The van der Waals surface area contributed by atoms with E-state index < -0.39 is 40.4 Å². The summed E-state index contributed by atoms with van der Waals surface area (Å²) in [7, 11) is -20.8. The van der Waals surface area contributed by atoms with E-state index in [0.29, 0.717) is 11.1 Å². The van der Waals surface area contributed by atoms with Gasteiger partial charge in [-0.2, -0.15) is 0 Å². The second kappa shape index (κ2) is 8.86. The molecule has 34 heavy (non-hydrogen) atoms. The standard InChI is InChI=1S/C18H26N2O10P4/c1-13-5-9-15(10-6-13)17(19-3)31(21,22)29-33(25,26)18(20-4,16-11-7-14(2)8-12-16)34(27,28)30-32(17,23)24/h5-12,19-20H,1-4H3,(H,21,22)(H,23,24)(H,25,26)(H,27,28). The van der Waals surface area contributed by atoms with Crippen molar-refractivity contribution in [3.05, 3.63) is 70.8 Å². The van der Waals surface area contributed by atoms with Crippen LogP contribution in [0.3, 0.4) is 0 Å². The summed E-state index contributed by atoms with van der Waals surface area (Å²) in [4.78, 5) is 44.0. The molecule has 1 saturated heterocycles. The van der Waals surface area contributed by atoms with Crippen molar-refractivity contribution in [3.8, 4) is 0 Å². The molecular formula is C18H26N2O10P4. The van der Waals surface area contributed by atoms with E-state index in [1.807, 2.05) is 0 Å². The fourth-order valence-corrected chi connectivity index (χ4v) is 15.1. The van der Waals surface area contributed by atoms with Gasteiger partial charge in [0.2, 0.25) is 10.0 Å². The molecule has 1 fully saturated rings. The molecule has 12 nitrogen and oxygen atoms in total. The van der Waals surface area contributed by atoms with Gasteiger partial charge in [-0.3, -0.25) is 28.9 Å². The molecule has 1 aliphatic rings. The van der Waals surface area contributed by atoms with Crippen LogP contribution in [0.25, 0.3) is 0 Å². The zero-order valence-corrected chi connectivity index (χ0v) is 22.2. The Morgan fingerprint density at radius 1 is 0.588 bits per heavy atom. The first-order chi connectivity index (χ1) is 15.5. The van der Waals surface area contributed by atoms with Crippen LogP contribution in [0.2, 0.25) is 0 Å². The molecule has 4 unspecified atom stereocenters. The second-order valence-corrected chi connectivity index (χ2v) is 16.7. The van der Waals surface area contributed by atoms with Gasteiger partial charge in [0.25, 0.3) is 0 Å². The highest BCUT2D eigenvalue weighted by Gasteiger charge is 2.76. The smallest absolute Gasteiger partial charge is 0.322 e. The van der Waals surface area contributed by atoms with Crippen LogP contribution in [0.15, 0.2) is 48.5 Å². The van der Waals surface area contributed by atoms with Crippen LogP contribution < -0.4 is 10.6 Å². The maximum Gasteiger partial charge on any atom is 0.372 e. The first-order valence-corrected chi connectivity index (χ1v) is 16.1. The lowest BCUT2D eigenvalue weighted by molar-refractivity contribution is 0.243. The third-order valence-corrected chi connectivity index (χ3v) is 17.5. The van der Waals surface area contributed by atoms with Gasteiger partial charge in [-0.25, -0.2) is 8.62 Å². The number of benzene rings is 2. The van der Waals surface area contributed by atoms with Gasteiger partial charge in [0.1, 0.15) is 0 Å². The summed E-state index contributed by atoms with van der Waals surface area (Å²) >= 11 is 0. The van der Waals surface area contributed by atoms with Crippen molar-refractivity contribution in [2.45, 2.75) is 23.9 Å². The highest BCUT2D eigenvalue weighted by atomic mass is 31.3. The van der Waals surface area contributed by atoms with E-state index in [1.54, 1.807) is 13.8 Å². The molecule has 2 aromatic rings. The number of nitrogens with one attached hydrogen (secondary N) is 2. The summed E-state index contributed by atoms with van der Waals surface area (Å²) in [5.41, 5.74) is 0.670. The molecule has 0 amide bonds. The van der Waals surface area contributed by atoms with Crippen molar-refractivity contribution in [3.63, 3.8) is 0 Å². The van der Waals surface area contributed by atoms with Gasteiger partial charge in [-0.15, -0.1) is 0 Å². The lowest BCUT2D eigenvalue weighted by atomic mass is 10.1. The Kier molecular flexibility index (Phi) is 7.20. The SMILES string of the molecule is CNC1(c2ccc(C)cc2)P(=O)(O)OP(=O)(O)C(NC)(c2ccc(C)cc2)P(=O)(O)OP1(=O)O. The van der Waals surface area contributed by atoms with Gasteiger partial charge in [-0.05, 0) is 39.1 Å². The Morgan fingerprint density at radius 3 is 1.03 bits per heavy atom. The Labute approximate surface area is 196 Å². The van der Waals surface area contributed by atoms with Gasteiger partial charge >= 0.3 is 30.4 Å². The van der Waals surface area contributed by atoms with Crippen molar-refractivity contribution in [1.82, 2.24) is 10.6 Å². The van der Waals surface area contributed by atoms with Gasteiger partial charge in [0, 0.05) is 0 Å². The molecular weight excluding hydrogens is 528 g/mol. The average Bonchev–Trinajstić information content (AvgIpc) is 2.69. The molecule has 0 aliphatic carbocycles. The van der Waals surface area contributed by atoms with Crippen molar-refractivity contribution in [2.75, 3.05) is 14.1 Å². The Morgan fingerprint density at radius 2 is 0.824 bits per heavy atom. The molecule has 0 radical (unpaired) electrons. The van der Waals surface area contributed by atoms with Gasteiger partial charge < -0.3 is 19.6 Å². The summed E-state index contributed by atoms with van der Waals surface area (Å²) in [5.74, 6) is 0. The molecule has 6 N–H and O–H groups in total. The third kappa shape index (κ3) is 3.87. The first-order valence-electron chi connectivity index (χ1n) is 9.80. The van der Waals surface area contributed by atoms with Crippen LogP contribution in [0.1, 0.15) is 22.3 Å². The zero-order chi connectivity index (χ0) is 25.8. The summed E-state index contributed by atoms with van der Waals surface area (Å²) in [6, 6.07) is 10.5. The molecule has 1 heterocycles. The molecule has 16 heteroatoms. The molecule has 1 aliphatic heterocycles. The van der Waals surface area contributed by atoms with E-state index in [4.69, 9.17) is 8.62 Å². The third-order valence-electron chi connectivity index (χ3n) is 5.68. The van der Waals surface area contributed by atoms with Crippen LogP contribution in [-0.2, 0) is 36.9 Å². The monoisotopic (exact) mass is 554 g/mol. The van der Waals surface area contributed by atoms with Crippen molar-refractivity contribution in [2.24, 2.45) is 0 Å². The van der Waals surface area contributed by atoms with Crippen LogP contribution in [0.5, 0.6) is 0 Å². The fourth-order valence-electron chi connectivity index (χ4n) is 3.93. The maximum atomic E-state index is 13.6. The summed E-state index contributed by atoms with van der Waals surface area (Å²) in [5, 5.41) is -1.73. The molecule has 4 atom stereocenters. The second-order valence-electron chi connectivity index (χ2n) is 7.82. The van der Waals surface area contributed by atoms with Gasteiger partial charge in [0.15, 0.2) is 0 Å². The van der Waals surface area contributed by atoms with E-state index in [2.05, 4.69) is 10.6 Å². The minimum absolute atomic E-state index is 0.343. The van der Waals surface area contributed by atoms with E-state index in [1.165, 1.54) is 48.5 Å². The Bertz CT molecular complexity index is 1140. The Balaban J connectivity index is 2.41. The van der Waals surface area contributed by atoms with Crippen molar-refractivity contribution in [1.29, 1.82) is 0 Å². The average molecular weight is 554 g/mol. The minimum Gasteiger partial charge on any atom is -0.322 e. The minimum atomic E-state index is -5.69. The van der Waals surface area contributed by atoms with E-state index >= 15 is 0 Å². The summed E-state index contributed by atoms with van der Waals surface area (Å²) < 4.78 is 64.3. The lowest BCUT2D eigenvalue weighted by Crippen LogP contribution is -2.46. The molecule has 0 spiro atoms. The maximum absolute atomic E-state index is 13.6. The number of rotatable bonds is 4. The van der Waals surface area contributed by atoms with E-state index in [9.17, 15) is 37.8 Å². The highest BCUT2D eigenvalue weighted by Crippen LogP contribution is 2.92. The number of hydrogen-bond donors (Lipinski definition) is 6. The molecule has 2 aromatic carbocycles. The largest absolute Gasteiger partial charge is 0.372 e. The first kappa shape index (κ1) is 27.6. The van der Waals surface area contributed by atoms with Crippen LogP contribution in [-0.4, -0.2) is 33.7 Å². The number of aryl methyl sites for hydroxylation is 2. The van der Waals surface area contributed by atoms with Crippen LogP contribution in [0.4, 0.5) is 0 Å². The van der Waals surface area contributed by atoms with E-state index in [0.717, 1.165) is 14.1 Å². The molecule has 188 valence electrons. The normalized spacial score (nSPS) is 40.9. The summed E-state index contributed by atoms with van der Waals surface area (Å²) in [6.45, 7) is 3.37. The van der Waals surface area contributed by atoms with Crippen molar-refractivity contribution < 1.29 is 46.5 Å². The quantitative estimate of drug-likeness (QED) is 0.302. The van der Waals surface area contributed by atoms with E-state index in [-0.39, 0.29) is 11.1 Å². The number of hydrogen-bond acceptors (Lipinski definition) is 8. The predicted octanol–water partition coefficient (Wildman–Crippen LogP) is 3.45. The topological polar surface area (TPSA) is 192 Å². The summed E-state index contributed by atoms with van der Waals surface area (Å²) in [6.07, 6.45) is 0. The molecule has 0 bridgehead atoms. The molecule has 3 rings (SSSR count). The Hall–Kier alpha value is -0.960. The molecule has 0 saturated carbocycles. The van der Waals surface area contributed by atoms with Crippen LogP contribution >= 0.6 is 30.4 Å². The van der Waals surface area contributed by atoms with Gasteiger partial charge in [0.05, 0.1) is 0 Å². The highest BCUT2D eigenvalue weighted by molar-refractivity contribution is 7.85. The predicted molar refractivity (Wildman–Crippen MR) is 125 cm³/mol. The van der Waals surface area contributed by atoms with Crippen molar-refractivity contribution >= 4 is 30.4 Å². The fraction of sp³-hybridized carbons (Fsp3) is 0.333. The lowest BCUT2D eigenvalue weighted by Gasteiger charge is -2.46. The van der Waals surface area contributed by atoms with Crippen LogP contribution in [0, 0.1) is 13.8 Å². The zero-order valence-electron chi connectivity index (χ0n) is 18.6. The van der Waals surface area contributed by atoms with Gasteiger partial charge in [-0.1, -0.05) is 59.7 Å².